The molecule has 0 aliphatic heterocycles. The van der Waals surface area contributed by atoms with Crippen LogP contribution in [0.25, 0.3) is 0 Å². The van der Waals surface area contributed by atoms with E-state index in [0.717, 1.165) is 17.5 Å². The Morgan fingerprint density at radius 3 is 2.55 bits per heavy atom. The molecule has 0 aliphatic rings. The van der Waals surface area contributed by atoms with Crippen molar-refractivity contribution < 1.29 is 9.53 Å². The maximum atomic E-state index is 12.8. The molecule has 4 nitrogen and oxygen atoms in total. The van der Waals surface area contributed by atoms with Crippen molar-refractivity contribution in [2.45, 2.75) is 40.2 Å². The van der Waals surface area contributed by atoms with E-state index in [4.69, 9.17) is 10.5 Å². The second kappa shape index (κ2) is 7.29. The zero-order valence-corrected chi connectivity index (χ0v) is 13.2. The number of methoxy groups -OCH3 is 1. The van der Waals surface area contributed by atoms with Crippen molar-refractivity contribution in [2.24, 2.45) is 0 Å². The Balaban J connectivity index is 3.08. The highest BCUT2D eigenvalue weighted by atomic mass is 16.5. The molecule has 1 atom stereocenters. The van der Waals surface area contributed by atoms with Crippen molar-refractivity contribution in [1.82, 2.24) is 4.90 Å². The van der Waals surface area contributed by atoms with E-state index < -0.39 is 0 Å². The van der Waals surface area contributed by atoms with Gasteiger partial charge in [-0.25, -0.2) is 0 Å². The third kappa shape index (κ3) is 3.73. The summed E-state index contributed by atoms with van der Waals surface area (Å²) < 4.78 is 5.11. The summed E-state index contributed by atoms with van der Waals surface area (Å²) >= 11 is 0. The lowest BCUT2D eigenvalue weighted by Crippen LogP contribution is -2.40. The number of amides is 1. The van der Waals surface area contributed by atoms with Gasteiger partial charge in [0.05, 0.1) is 6.61 Å². The monoisotopic (exact) mass is 278 g/mol. The van der Waals surface area contributed by atoms with E-state index in [2.05, 4.69) is 13.8 Å². The zero-order valence-electron chi connectivity index (χ0n) is 13.2. The lowest BCUT2D eigenvalue weighted by molar-refractivity contribution is 0.0613. The Morgan fingerprint density at radius 1 is 1.35 bits per heavy atom. The minimum Gasteiger partial charge on any atom is -0.398 e. The maximum absolute atomic E-state index is 12.8. The first-order valence-electron chi connectivity index (χ1n) is 7.09. The number of rotatable bonds is 6. The lowest BCUT2D eigenvalue weighted by Gasteiger charge is -2.29. The van der Waals surface area contributed by atoms with E-state index in [-0.39, 0.29) is 11.9 Å². The van der Waals surface area contributed by atoms with E-state index in [0.29, 0.717) is 24.4 Å². The third-order valence-electron chi connectivity index (χ3n) is 3.76. The van der Waals surface area contributed by atoms with Crippen LogP contribution in [0.3, 0.4) is 0 Å². The van der Waals surface area contributed by atoms with Crippen LogP contribution in [0.5, 0.6) is 0 Å². The molecular weight excluding hydrogens is 252 g/mol. The van der Waals surface area contributed by atoms with Gasteiger partial charge in [-0.05, 0) is 44.4 Å². The van der Waals surface area contributed by atoms with Crippen molar-refractivity contribution in [3.63, 3.8) is 0 Å². The largest absolute Gasteiger partial charge is 0.398 e. The van der Waals surface area contributed by atoms with E-state index >= 15 is 0 Å². The van der Waals surface area contributed by atoms with Crippen LogP contribution in [0.2, 0.25) is 0 Å². The fourth-order valence-electron chi connectivity index (χ4n) is 2.19. The number of aryl methyl sites for hydroxylation is 2. The normalized spacial score (nSPS) is 12.2. The van der Waals surface area contributed by atoms with Gasteiger partial charge in [0.25, 0.3) is 5.91 Å². The molecule has 0 spiro atoms. The van der Waals surface area contributed by atoms with Gasteiger partial charge < -0.3 is 15.4 Å². The third-order valence-corrected chi connectivity index (χ3v) is 3.76. The highest BCUT2D eigenvalue weighted by Crippen LogP contribution is 2.20. The molecule has 1 aromatic carbocycles. The number of ether oxygens (including phenoxy) is 1. The molecular formula is C16H26N2O2. The van der Waals surface area contributed by atoms with Crippen LogP contribution in [0, 0.1) is 13.8 Å². The number of nitrogen functional groups attached to an aromatic ring is 1. The number of nitrogens with two attached hydrogens (primary N) is 1. The molecule has 0 aliphatic carbocycles. The first-order valence-corrected chi connectivity index (χ1v) is 7.09. The molecule has 0 saturated heterocycles. The summed E-state index contributed by atoms with van der Waals surface area (Å²) in [5.74, 6) is 0.0283. The van der Waals surface area contributed by atoms with Gasteiger partial charge in [-0.3, -0.25) is 4.79 Å². The topological polar surface area (TPSA) is 55.6 Å². The minimum atomic E-state index is 0.0283. The molecule has 2 N–H and O–H groups in total. The average molecular weight is 278 g/mol. The van der Waals surface area contributed by atoms with E-state index in [1.807, 2.05) is 24.8 Å². The standard InChI is InChI=1S/C16H26N2O2/c1-6-13(4)18(7-8-20-5)16(19)14-10-15(17)12(3)9-11(14)2/h9-10,13H,6-8,17H2,1-5H3. The minimum absolute atomic E-state index is 0.0283. The van der Waals surface area contributed by atoms with E-state index in [1.165, 1.54) is 0 Å². The summed E-state index contributed by atoms with van der Waals surface area (Å²) in [5, 5.41) is 0. The van der Waals surface area contributed by atoms with E-state index in [1.54, 1.807) is 13.2 Å². The number of carbonyl (C=O) groups excluding carboxylic acids is 1. The van der Waals surface area contributed by atoms with Crippen molar-refractivity contribution in [1.29, 1.82) is 0 Å². The van der Waals surface area contributed by atoms with Crippen LogP contribution in [0.15, 0.2) is 12.1 Å². The smallest absolute Gasteiger partial charge is 0.254 e. The summed E-state index contributed by atoms with van der Waals surface area (Å²) in [5.41, 5.74) is 9.26. The first-order chi connectivity index (χ1) is 9.42. The molecule has 0 saturated carbocycles. The summed E-state index contributed by atoms with van der Waals surface area (Å²) in [6.45, 7) is 9.17. The molecule has 1 aromatic rings. The molecule has 0 radical (unpaired) electrons. The molecule has 1 unspecified atom stereocenters. The molecule has 0 bridgehead atoms. The van der Waals surface area contributed by atoms with Crippen LogP contribution in [-0.2, 0) is 4.74 Å². The number of benzene rings is 1. The molecule has 0 aromatic heterocycles. The Kier molecular flexibility index (Phi) is 6.02. The predicted molar refractivity (Wildman–Crippen MR) is 83.0 cm³/mol. The Bertz CT molecular complexity index is 472. The highest BCUT2D eigenvalue weighted by molar-refractivity contribution is 5.97. The fraction of sp³-hybridized carbons (Fsp3) is 0.562. The van der Waals surface area contributed by atoms with Crippen molar-refractivity contribution in [3.8, 4) is 0 Å². The molecule has 20 heavy (non-hydrogen) atoms. The SMILES string of the molecule is CCC(C)N(CCOC)C(=O)c1cc(N)c(C)cc1C. The molecule has 112 valence electrons. The molecule has 0 fully saturated rings. The number of nitrogens with zero attached hydrogens (tertiary/aromatic N) is 1. The summed E-state index contributed by atoms with van der Waals surface area (Å²) in [6, 6.07) is 3.93. The molecule has 1 rings (SSSR count). The van der Waals surface area contributed by atoms with Crippen LogP contribution < -0.4 is 5.73 Å². The first kappa shape index (κ1) is 16.5. The number of hydrogen-bond donors (Lipinski definition) is 1. The molecule has 1 amide bonds. The maximum Gasteiger partial charge on any atom is 0.254 e. The zero-order chi connectivity index (χ0) is 15.3. The van der Waals surface area contributed by atoms with Gasteiger partial charge in [-0.15, -0.1) is 0 Å². The second-order valence-corrected chi connectivity index (χ2v) is 5.27. The average Bonchev–Trinajstić information content (AvgIpc) is 2.42. The lowest BCUT2D eigenvalue weighted by atomic mass is 10.0. The van der Waals surface area contributed by atoms with Crippen LogP contribution in [0.1, 0.15) is 41.8 Å². The predicted octanol–water partition coefficient (Wildman–Crippen LogP) is 2.77. The Labute approximate surface area is 121 Å². The van der Waals surface area contributed by atoms with Gasteiger partial charge in [-0.2, -0.15) is 0 Å². The van der Waals surface area contributed by atoms with Crippen molar-refractivity contribution >= 4 is 11.6 Å². The Morgan fingerprint density at radius 2 is 2.00 bits per heavy atom. The van der Waals surface area contributed by atoms with Crippen molar-refractivity contribution in [2.75, 3.05) is 26.0 Å². The second-order valence-electron chi connectivity index (χ2n) is 5.27. The fourth-order valence-corrected chi connectivity index (χ4v) is 2.19. The van der Waals surface area contributed by atoms with Crippen LogP contribution >= 0.6 is 0 Å². The van der Waals surface area contributed by atoms with Crippen LogP contribution in [0.4, 0.5) is 5.69 Å². The summed E-state index contributed by atoms with van der Waals surface area (Å²) in [7, 11) is 1.65. The van der Waals surface area contributed by atoms with Crippen LogP contribution in [-0.4, -0.2) is 37.1 Å². The van der Waals surface area contributed by atoms with Gasteiger partial charge in [0.2, 0.25) is 0 Å². The molecule has 4 heteroatoms. The Hall–Kier alpha value is -1.55. The van der Waals surface area contributed by atoms with Gasteiger partial charge >= 0.3 is 0 Å². The van der Waals surface area contributed by atoms with Gasteiger partial charge in [0, 0.05) is 30.9 Å². The summed E-state index contributed by atoms with van der Waals surface area (Å²) in [4.78, 5) is 14.6. The number of anilines is 1. The highest BCUT2D eigenvalue weighted by Gasteiger charge is 2.22. The van der Waals surface area contributed by atoms with Gasteiger partial charge in [0.15, 0.2) is 0 Å². The van der Waals surface area contributed by atoms with Crippen molar-refractivity contribution in [3.05, 3.63) is 28.8 Å². The quantitative estimate of drug-likeness (QED) is 0.814. The van der Waals surface area contributed by atoms with Gasteiger partial charge in [0.1, 0.15) is 0 Å². The summed E-state index contributed by atoms with van der Waals surface area (Å²) in [6.07, 6.45) is 0.913. The van der Waals surface area contributed by atoms with E-state index in [9.17, 15) is 4.79 Å². The number of carbonyl (C=O) groups is 1. The number of hydrogen-bond acceptors (Lipinski definition) is 3. The van der Waals surface area contributed by atoms with Gasteiger partial charge in [-0.1, -0.05) is 13.0 Å². The molecule has 0 heterocycles.